The SMILES string of the molecule is Cc1nc2c(nc(N)n2[C@H]2C[C@@H](OP(C)(=O)OC(C)C)[C@@H](COC(C)C)O2)c(=O)[nH]1. The molecule has 0 spiro atoms. The lowest BCUT2D eigenvalue weighted by Crippen LogP contribution is -2.30. The smallest absolute Gasteiger partial charge is 0.328 e. The third-order valence-electron chi connectivity index (χ3n) is 4.49. The Morgan fingerprint density at radius 2 is 2.00 bits per heavy atom. The molecule has 2 aromatic rings. The van der Waals surface area contributed by atoms with Gasteiger partial charge in [0.25, 0.3) is 5.56 Å². The molecule has 0 aliphatic carbocycles. The number of nitrogens with one attached hydrogen (secondary N) is 1. The van der Waals surface area contributed by atoms with Gasteiger partial charge < -0.3 is 29.2 Å². The molecule has 0 aromatic carbocycles. The quantitative estimate of drug-likeness (QED) is 0.587. The van der Waals surface area contributed by atoms with Crippen LogP contribution in [0.25, 0.3) is 11.2 Å². The molecule has 11 nitrogen and oxygen atoms in total. The van der Waals surface area contributed by atoms with E-state index in [4.69, 9.17) is 24.3 Å². The number of nitrogens with zero attached hydrogens (tertiary/aromatic N) is 3. The summed E-state index contributed by atoms with van der Waals surface area (Å²) in [6.07, 6.45) is -1.65. The normalized spacial score (nSPS) is 24.2. The summed E-state index contributed by atoms with van der Waals surface area (Å²) in [5.41, 5.74) is 6.16. The third-order valence-corrected chi connectivity index (χ3v) is 5.95. The largest absolute Gasteiger partial charge is 0.376 e. The molecule has 0 bridgehead atoms. The molecule has 0 saturated carbocycles. The molecule has 0 amide bonds. The van der Waals surface area contributed by atoms with Crippen LogP contribution >= 0.6 is 7.60 Å². The number of nitrogens with two attached hydrogens (primary N) is 1. The van der Waals surface area contributed by atoms with E-state index in [-0.39, 0.29) is 35.8 Å². The number of anilines is 1. The Balaban J connectivity index is 1.92. The standard InChI is InChI=1S/C18H30N5O6P/c1-9(2)26-8-13-12(29-30(6,25)28-10(3)4)7-14(27-13)23-16-15(22-18(23)19)17(24)21-11(5)20-16/h9-10,12-14H,7-8H2,1-6H3,(H2,19,22)(H,20,21,24)/t12-,13-,14-,30?/m1/s1. The second-order valence-electron chi connectivity index (χ2n) is 7.98. The Kier molecular flexibility index (Phi) is 6.69. The first-order valence-corrected chi connectivity index (χ1v) is 11.9. The Morgan fingerprint density at radius 1 is 1.30 bits per heavy atom. The highest BCUT2D eigenvalue weighted by molar-refractivity contribution is 7.53. The number of fused-ring (bicyclic) bond motifs is 1. The lowest BCUT2D eigenvalue weighted by Gasteiger charge is -2.24. The average molecular weight is 443 g/mol. The Hall–Kier alpha value is -1.78. The third kappa shape index (κ3) is 5.09. The summed E-state index contributed by atoms with van der Waals surface area (Å²) in [6, 6.07) is 0. The van der Waals surface area contributed by atoms with Crippen molar-refractivity contribution in [2.75, 3.05) is 19.0 Å². The zero-order chi connectivity index (χ0) is 22.2. The van der Waals surface area contributed by atoms with E-state index in [2.05, 4.69) is 15.0 Å². The molecule has 3 heterocycles. The highest BCUT2D eigenvalue weighted by Gasteiger charge is 2.42. The van der Waals surface area contributed by atoms with E-state index in [1.54, 1.807) is 25.3 Å². The molecule has 30 heavy (non-hydrogen) atoms. The fourth-order valence-electron chi connectivity index (χ4n) is 3.45. The summed E-state index contributed by atoms with van der Waals surface area (Å²) in [7, 11) is -3.32. The van der Waals surface area contributed by atoms with Gasteiger partial charge in [-0.25, -0.2) is 9.97 Å². The maximum atomic E-state index is 12.8. The molecule has 4 atom stereocenters. The van der Waals surface area contributed by atoms with Gasteiger partial charge in [0.15, 0.2) is 11.2 Å². The van der Waals surface area contributed by atoms with E-state index in [1.807, 2.05) is 13.8 Å². The van der Waals surface area contributed by atoms with Crippen LogP contribution in [0.2, 0.25) is 0 Å². The molecule has 2 aromatic heterocycles. The van der Waals surface area contributed by atoms with E-state index in [0.717, 1.165) is 0 Å². The van der Waals surface area contributed by atoms with Crippen molar-refractivity contribution >= 4 is 24.7 Å². The van der Waals surface area contributed by atoms with Gasteiger partial charge in [-0.1, -0.05) is 0 Å². The monoisotopic (exact) mass is 443 g/mol. The summed E-state index contributed by atoms with van der Waals surface area (Å²) in [6.45, 7) is 10.7. The molecule has 1 saturated heterocycles. The van der Waals surface area contributed by atoms with Crippen molar-refractivity contribution in [3.8, 4) is 0 Å². The summed E-state index contributed by atoms with van der Waals surface area (Å²) >= 11 is 0. The fraction of sp³-hybridized carbons (Fsp3) is 0.722. The van der Waals surface area contributed by atoms with Crippen LogP contribution in [-0.2, 0) is 23.1 Å². The molecule has 12 heteroatoms. The van der Waals surface area contributed by atoms with Gasteiger partial charge in [-0.15, -0.1) is 0 Å². The minimum atomic E-state index is -3.32. The zero-order valence-corrected chi connectivity index (χ0v) is 19.0. The van der Waals surface area contributed by atoms with Crippen molar-refractivity contribution in [1.29, 1.82) is 0 Å². The van der Waals surface area contributed by atoms with Gasteiger partial charge in [-0.05, 0) is 34.6 Å². The number of hydrogen-bond acceptors (Lipinski definition) is 9. The van der Waals surface area contributed by atoms with Gasteiger partial charge in [0, 0.05) is 13.1 Å². The van der Waals surface area contributed by atoms with Crippen LogP contribution in [0.1, 0.15) is 46.2 Å². The molecule has 3 N–H and O–H groups in total. The predicted octanol–water partition coefficient (Wildman–Crippen LogP) is 2.36. The van der Waals surface area contributed by atoms with Crippen molar-refractivity contribution in [2.45, 2.75) is 71.7 Å². The van der Waals surface area contributed by atoms with E-state index in [0.29, 0.717) is 17.9 Å². The zero-order valence-electron chi connectivity index (χ0n) is 18.1. The van der Waals surface area contributed by atoms with E-state index < -0.39 is 26.0 Å². The van der Waals surface area contributed by atoms with Crippen LogP contribution in [0, 0.1) is 6.92 Å². The highest BCUT2D eigenvalue weighted by Crippen LogP contribution is 2.50. The number of rotatable bonds is 8. The maximum absolute atomic E-state index is 12.8. The van der Waals surface area contributed by atoms with Gasteiger partial charge in [0.1, 0.15) is 18.2 Å². The molecule has 1 fully saturated rings. The van der Waals surface area contributed by atoms with Crippen molar-refractivity contribution in [1.82, 2.24) is 19.5 Å². The number of imidazole rings is 1. The minimum Gasteiger partial charge on any atom is -0.376 e. The number of H-pyrrole nitrogens is 1. The summed E-state index contributed by atoms with van der Waals surface area (Å²) in [5, 5.41) is 0. The van der Waals surface area contributed by atoms with Crippen molar-refractivity contribution in [2.24, 2.45) is 0 Å². The van der Waals surface area contributed by atoms with Crippen LogP contribution < -0.4 is 11.3 Å². The van der Waals surface area contributed by atoms with Crippen LogP contribution in [0.5, 0.6) is 0 Å². The number of hydrogen-bond donors (Lipinski definition) is 2. The highest BCUT2D eigenvalue weighted by atomic mass is 31.2. The fourth-order valence-corrected chi connectivity index (χ4v) is 4.98. The summed E-state index contributed by atoms with van der Waals surface area (Å²) in [4.78, 5) is 23.3. The topological polar surface area (TPSA) is 144 Å². The molecule has 1 unspecified atom stereocenters. The van der Waals surface area contributed by atoms with Gasteiger partial charge >= 0.3 is 7.60 Å². The van der Waals surface area contributed by atoms with Crippen LogP contribution in [0.3, 0.4) is 0 Å². The minimum absolute atomic E-state index is 0.0179. The second kappa shape index (κ2) is 8.76. The van der Waals surface area contributed by atoms with Crippen molar-refractivity contribution in [3.63, 3.8) is 0 Å². The number of aromatic nitrogens is 4. The van der Waals surface area contributed by atoms with Gasteiger partial charge in [-0.3, -0.25) is 13.9 Å². The lowest BCUT2D eigenvalue weighted by atomic mass is 10.2. The Bertz CT molecular complexity index is 1000. The first-order valence-electron chi connectivity index (χ1n) is 9.92. The Morgan fingerprint density at radius 3 is 2.63 bits per heavy atom. The second-order valence-corrected chi connectivity index (χ2v) is 9.94. The summed E-state index contributed by atoms with van der Waals surface area (Å²) < 4.78 is 37.5. The van der Waals surface area contributed by atoms with E-state index in [1.165, 1.54) is 6.66 Å². The summed E-state index contributed by atoms with van der Waals surface area (Å²) in [5.74, 6) is 0.531. The number of aromatic amines is 1. The first kappa shape index (κ1) is 22.9. The van der Waals surface area contributed by atoms with E-state index in [9.17, 15) is 9.36 Å². The molecule has 168 valence electrons. The van der Waals surface area contributed by atoms with Crippen LogP contribution in [0.4, 0.5) is 5.95 Å². The molecule has 1 aliphatic heterocycles. The van der Waals surface area contributed by atoms with E-state index >= 15 is 0 Å². The van der Waals surface area contributed by atoms with Crippen molar-refractivity contribution < 1.29 is 23.1 Å². The average Bonchev–Trinajstić information content (AvgIpc) is 3.11. The number of ether oxygens (including phenoxy) is 2. The maximum Gasteiger partial charge on any atom is 0.328 e. The lowest BCUT2D eigenvalue weighted by molar-refractivity contribution is -0.0705. The van der Waals surface area contributed by atoms with Crippen LogP contribution in [0.15, 0.2) is 4.79 Å². The molecule has 3 rings (SSSR count). The number of nitrogen functional groups attached to an aromatic ring is 1. The van der Waals surface area contributed by atoms with Crippen molar-refractivity contribution in [3.05, 3.63) is 16.2 Å². The first-order chi connectivity index (χ1) is 14.0. The molecule has 0 radical (unpaired) electrons. The van der Waals surface area contributed by atoms with Gasteiger partial charge in [0.05, 0.1) is 24.9 Å². The number of aryl methyl sites for hydroxylation is 1. The predicted molar refractivity (Wildman–Crippen MR) is 112 cm³/mol. The van der Waals surface area contributed by atoms with Crippen LogP contribution in [-0.4, -0.2) is 57.2 Å². The molecule has 1 aliphatic rings. The van der Waals surface area contributed by atoms with Gasteiger partial charge in [0.2, 0.25) is 5.95 Å². The van der Waals surface area contributed by atoms with Gasteiger partial charge in [-0.2, -0.15) is 0 Å². The Labute approximate surface area is 174 Å². The molecular formula is C18H30N5O6P. The molecular weight excluding hydrogens is 413 g/mol.